The first-order valence-electron chi connectivity index (χ1n) is 24.2. The maximum Gasteiger partial charge on any atom is 0.426 e. The number of benzene rings is 2. The Kier molecular flexibility index (Phi) is 13.6. The topological polar surface area (TPSA) is 235 Å². The molecule has 374 valence electrons. The lowest BCUT2D eigenvalue weighted by molar-refractivity contribution is -0.204. The number of aromatic nitrogens is 1. The molecule has 2 aromatic carbocycles. The monoisotopic (exact) mass is 990 g/mol. The van der Waals surface area contributed by atoms with Gasteiger partial charge in [0, 0.05) is 75.9 Å². The number of nitrogens with zero attached hydrogens (tertiary/aromatic N) is 2. The number of methoxy groups -OCH3 is 2. The molecule has 0 radical (unpaired) electrons. The molecule has 2 amide bonds. The molecule has 17 nitrogen and oxygen atoms in total. The fourth-order valence-electron chi connectivity index (χ4n) is 14.1. The van der Waals surface area contributed by atoms with Gasteiger partial charge >= 0.3 is 18.0 Å². The number of fused-ring (bicyclic) bond motifs is 6. The highest BCUT2D eigenvalue weighted by molar-refractivity contribution is 8.76. The molecule has 10 atom stereocenters. The van der Waals surface area contributed by atoms with Crippen LogP contribution in [0.15, 0.2) is 48.6 Å². The first kappa shape index (κ1) is 49.5. The second kappa shape index (κ2) is 18.9. The van der Waals surface area contributed by atoms with Crippen molar-refractivity contribution in [1.29, 1.82) is 0 Å². The Bertz CT molecular complexity index is 2530. The summed E-state index contributed by atoms with van der Waals surface area (Å²) in [5.74, 6) is -1.71. The summed E-state index contributed by atoms with van der Waals surface area (Å²) in [6.45, 7) is 6.38. The van der Waals surface area contributed by atoms with Gasteiger partial charge < -0.3 is 49.8 Å². The van der Waals surface area contributed by atoms with Gasteiger partial charge in [-0.25, -0.2) is 10.2 Å². The molecular weight excluding hydrogens is 925 g/mol. The van der Waals surface area contributed by atoms with Crippen LogP contribution in [-0.4, -0.2) is 149 Å². The Labute approximate surface area is 410 Å². The van der Waals surface area contributed by atoms with Crippen molar-refractivity contribution < 1.29 is 53.8 Å². The number of hydrogen-bond donors (Lipinski definition) is 8. The number of carbonyl (C=O) groups is 4. The number of carbonyl (C=O) groups excluding carboxylic acids is 3. The molecule has 8 N–H and O–H groups in total. The lowest BCUT2D eigenvalue weighted by Crippen LogP contribution is -2.82. The average molecular weight is 991 g/mol. The van der Waals surface area contributed by atoms with Gasteiger partial charge in [0.15, 0.2) is 5.60 Å². The Morgan fingerprint density at radius 2 is 1.77 bits per heavy atom. The molecule has 1 spiro atoms. The van der Waals surface area contributed by atoms with Crippen LogP contribution in [0.3, 0.4) is 0 Å². The van der Waals surface area contributed by atoms with Crippen LogP contribution in [0.4, 0.5) is 10.5 Å². The van der Waals surface area contributed by atoms with Crippen molar-refractivity contribution in [3.8, 4) is 5.75 Å². The maximum atomic E-state index is 15.7. The van der Waals surface area contributed by atoms with Crippen LogP contribution >= 0.6 is 21.6 Å². The SMILES string of the molecule is CC[C@]1(O)CC2CNCCc3c([nH]c4ccccc34)[C@@](C(=O)OC)(c3cc4c(cc3OC)N(C)[C@H]3[C@@](O)(C(=O)NNC(=O)OCCSSCCC(=O)O)[C@H](O)[C@]5(CC)C=CCN6CC[C@]43[C@@H]65)C(C2)C1. The molecule has 6 aliphatic rings. The number of hydrazine groups is 1. The molecule has 1 saturated heterocycles. The highest BCUT2D eigenvalue weighted by Gasteiger charge is 2.79. The minimum atomic E-state index is -2.54. The average Bonchev–Trinajstić information content (AvgIpc) is 4.00. The summed E-state index contributed by atoms with van der Waals surface area (Å²) >= 11 is 0. The Balaban J connectivity index is 1.20. The van der Waals surface area contributed by atoms with Crippen LogP contribution in [-0.2, 0) is 41.1 Å². The number of para-hydroxylation sites is 1. The van der Waals surface area contributed by atoms with Gasteiger partial charge in [0.1, 0.15) is 23.9 Å². The second-order valence-electron chi connectivity index (χ2n) is 19.9. The first-order valence-corrected chi connectivity index (χ1v) is 26.7. The third kappa shape index (κ3) is 7.62. The largest absolute Gasteiger partial charge is 0.496 e. The van der Waals surface area contributed by atoms with E-state index in [2.05, 4.69) is 38.2 Å². The van der Waals surface area contributed by atoms with E-state index in [0.717, 1.165) is 22.0 Å². The van der Waals surface area contributed by atoms with Crippen LogP contribution in [0, 0.1) is 17.3 Å². The highest BCUT2D eigenvalue weighted by atomic mass is 33.1. The number of amides is 2. The standard InChI is InChI=1S/C50H66N6O11S2/c1-6-46(63)26-29-23-30(27-46)49(44(61)66-5,39-32(13-17-51-28-29)31-11-8-9-12-35(31)52-39)34-24-33-36(25-37(34)65-4)55(3)41-48(33)16-19-56-18-10-15-47(7-2,40(48)56)42(59)50(41,64)43(60)53-54-45(62)67-20-22-69-68-21-14-38(57)58/h8-12,15,24-25,29-30,40-42,51-52,59,63-64H,6-7,13-14,16-23,26-28H2,1-5H3,(H,53,60)(H,54,62)(H,57,58)/t29?,30?,40-,41+,42+,46-,47+,48+,49-,50-/m0/s1. The molecule has 2 unspecified atom stereocenters. The zero-order valence-electron chi connectivity index (χ0n) is 40.0. The summed E-state index contributed by atoms with van der Waals surface area (Å²) in [6, 6.07) is 10.5. The number of aliphatic hydroxyl groups is 3. The van der Waals surface area contributed by atoms with E-state index < -0.39 is 75.5 Å². The molecular formula is C50H66N6O11S2. The molecule has 2 aliphatic carbocycles. The van der Waals surface area contributed by atoms with E-state index in [1.165, 1.54) is 28.7 Å². The molecule has 69 heavy (non-hydrogen) atoms. The molecule has 9 rings (SSSR count). The van der Waals surface area contributed by atoms with Gasteiger partial charge in [-0.2, -0.15) is 0 Å². The van der Waals surface area contributed by atoms with Crippen molar-refractivity contribution in [3.63, 3.8) is 0 Å². The van der Waals surface area contributed by atoms with E-state index >= 15 is 4.79 Å². The van der Waals surface area contributed by atoms with Crippen molar-refractivity contribution in [2.75, 3.05) is 70.5 Å². The number of rotatable bonds is 13. The molecule has 1 aromatic heterocycles. The molecule has 2 saturated carbocycles. The maximum absolute atomic E-state index is 15.7. The van der Waals surface area contributed by atoms with Crippen molar-refractivity contribution >= 4 is 62.1 Å². The number of carboxylic acid groups (broad SMARTS) is 1. The molecule has 4 aliphatic heterocycles. The van der Waals surface area contributed by atoms with Crippen LogP contribution in [0.5, 0.6) is 5.75 Å². The van der Waals surface area contributed by atoms with Crippen LogP contribution in [0.2, 0.25) is 0 Å². The van der Waals surface area contributed by atoms with Crippen molar-refractivity contribution in [1.82, 2.24) is 26.1 Å². The number of carboxylic acids is 1. The zero-order chi connectivity index (χ0) is 49.1. The molecule has 3 fully saturated rings. The summed E-state index contributed by atoms with van der Waals surface area (Å²) in [5.41, 5.74) is 1.83. The fourth-order valence-corrected chi connectivity index (χ4v) is 15.9. The number of aliphatic hydroxyl groups excluding tert-OH is 1. The van der Waals surface area contributed by atoms with E-state index in [1.54, 1.807) is 14.2 Å². The number of ether oxygens (including phenoxy) is 3. The summed E-state index contributed by atoms with van der Waals surface area (Å²) in [4.78, 5) is 62.4. The first-order chi connectivity index (χ1) is 33.1. The summed E-state index contributed by atoms with van der Waals surface area (Å²) in [7, 11) is 7.47. The number of H-pyrrole nitrogens is 1. The van der Waals surface area contributed by atoms with Gasteiger partial charge in [0.2, 0.25) is 0 Å². The molecule has 2 bridgehead atoms. The molecule has 5 heterocycles. The summed E-state index contributed by atoms with van der Waals surface area (Å²) in [5, 5.41) is 52.3. The number of aliphatic carboxylic acids is 1. The third-order valence-electron chi connectivity index (χ3n) is 16.8. The van der Waals surface area contributed by atoms with Gasteiger partial charge in [0.05, 0.1) is 32.3 Å². The van der Waals surface area contributed by atoms with E-state index in [-0.39, 0.29) is 18.9 Å². The number of anilines is 1. The molecule has 19 heteroatoms. The lowest BCUT2D eigenvalue weighted by atomic mass is 9.47. The normalized spacial score (nSPS) is 33.4. The van der Waals surface area contributed by atoms with Crippen molar-refractivity contribution in [2.24, 2.45) is 17.3 Å². The van der Waals surface area contributed by atoms with Crippen LogP contribution in [0.1, 0.15) is 81.2 Å². The van der Waals surface area contributed by atoms with Gasteiger partial charge in [-0.05, 0) is 99.7 Å². The predicted octanol–water partition coefficient (Wildman–Crippen LogP) is 4.15. The van der Waals surface area contributed by atoms with Crippen LogP contribution in [0.25, 0.3) is 10.9 Å². The van der Waals surface area contributed by atoms with Gasteiger partial charge in [0.25, 0.3) is 5.91 Å². The van der Waals surface area contributed by atoms with Crippen LogP contribution < -0.4 is 25.8 Å². The quantitative estimate of drug-likeness (QED) is 0.0395. The number of likely N-dealkylation sites (N-methyl/N-ethyl adjacent to an activating group) is 1. The number of aromatic amines is 1. The summed E-state index contributed by atoms with van der Waals surface area (Å²) in [6.07, 6.45) is 4.73. The van der Waals surface area contributed by atoms with E-state index in [1.807, 2.05) is 55.2 Å². The van der Waals surface area contributed by atoms with Gasteiger partial charge in [-0.3, -0.25) is 24.7 Å². The fraction of sp³-hybridized carbons (Fsp3) is 0.600. The van der Waals surface area contributed by atoms with Crippen molar-refractivity contribution in [3.05, 3.63) is 70.9 Å². The van der Waals surface area contributed by atoms with Gasteiger partial charge in [-0.1, -0.05) is 65.8 Å². The number of hydrogen-bond acceptors (Lipinski definition) is 15. The summed E-state index contributed by atoms with van der Waals surface area (Å²) < 4.78 is 17.8. The van der Waals surface area contributed by atoms with E-state index in [9.17, 15) is 29.7 Å². The Morgan fingerprint density at radius 3 is 2.51 bits per heavy atom. The number of nitrogens with one attached hydrogen (secondary N) is 4. The highest BCUT2D eigenvalue weighted by Crippen LogP contribution is 2.68. The van der Waals surface area contributed by atoms with E-state index in [0.29, 0.717) is 105 Å². The second-order valence-corrected chi connectivity index (χ2v) is 22.6. The minimum absolute atomic E-state index is 0.00818. The minimum Gasteiger partial charge on any atom is -0.496 e. The predicted molar refractivity (Wildman–Crippen MR) is 263 cm³/mol. The van der Waals surface area contributed by atoms with Crippen molar-refractivity contribution in [2.45, 2.75) is 105 Å². The van der Waals surface area contributed by atoms with Gasteiger partial charge in [-0.15, -0.1) is 0 Å². The smallest absolute Gasteiger partial charge is 0.426 e. The Hall–Kier alpha value is -4.50. The third-order valence-corrected chi connectivity index (χ3v) is 19.2. The number of esters is 1. The Morgan fingerprint density at radius 1 is 0.986 bits per heavy atom. The zero-order valence-corrected chi connectivity index (χ0v) is 41.6. The lowest BCUT2D eigenvalue weighted by Gasteiger charge is -2.63. The van der Waals surface area contributed by atoms with E-state index in [4.69, 9.17) is 19.3 Å². The molecule has 3 aromatic rings.